The van der Waals surface area contributed by atoms with Crippen LogP contribution >= 0.6 is 15.9 Å². The van der Waals surface area contributed by atoms with Crippen LogP contribution in [0.15, 0.2) is 45.5 Å². The SMILES string of the molecule is COC(=O)[C@@H]1CN(C(=O)c2ccc(Br)o2)c2ccccc2O1. The highest BCUT2D eigenvalue weighted by atomic mass is 79.9. The Labute approximate surface area is 134 Å². The van der Waals surface area contributed by atoms with Crippen LogP contribution in [0.3, 0.4) is 0 Å². The number of rotatable bonds is 2. The Bertz CT molecular complexity index is 726. The van der Waals surface area contributed by atoms with E-state index in [1.807, 2.05) is 0 Å². The van der Waals surface area contributed by atoms with E-state index in [9.17, 15) is 9.59 Å². The summed E-state index contributed by atoms with van der Waals surface area (Å²) in [5.41, 5.74) is 0.583. The maximum absolute atomic E-state index is 12.6. The molecule has 1 atom stereocenters. The molecule has 1 aromatic heterocycles. The summed E-state index contributed by atoms with van der Waals surface area (Å²) in [5, 5.41) is 0. The number of para-hydroxylation sites is 2. The zero-order chi connectivity index (χ0) is 15.7. The highest BCUT2D eigenvalue weighted by Gasteiger charge is 2.35. The van der Waals surface area contributed by atoms with Crippen molar-refractivity contribution in [2.24, 2.45) is 0 Å². The molecule has 7 heteroatoms. The lowest BCUT2D eigenvalue weighted by molar-refractivity contribution is -0.148. The van der Waals surface area contributed by atoms with Crippen LogP contribution in [-0.2, 0) is 9.53 Å². The predicted octanol–water partition coefficient (Wildman–Crippen LogP) is 2.62. The molecule has 3 rings (SSSR count). The van der Waals surface area contributed by atoms with Gasteiger partial charge in [0.05, 0.1) is 19.3 Å². The summed E-state index contributed by atoms with van der Waals surface area (Å²) in [4.78, 5) is 25.9. The molecule has 6 nitrogen and oxygen atoms in total. The lowest BCUT2D eigenvalue weighted by Crippen LogP contribution is -2.47. The van der Waals surface area contributed by atoms with E-state index in [0.29, 0.717) is 16.1 Å². The molecular formula is C15H12BrNO5. The minimum Gasteiger partial charge on any atom is -0.475 e. The lowest BCUT2D eigenvalue weighted by atomic mass is 10.1. The van der Waals surface area contributed by atoms with Crippen LogP contribution in [-0.4, -0.2) is 31.6 Å². The second kappa shape index (κ2) is 5.84. The molecule has 0 N–H and O–H groups in total. The van der Waals surface area contributed by atoms with E-state index < -0.39 is 12.1 Å². The van der Waals surface area contributed by atoms with Gasteiger partial charge in [-0.05, 0) is 40.2 Å². The predicted molar refractivity (Wildman–Crippen MR) is 81.0 cm³/mol. The van der Waals surface area contributed by atoms with Crippen LogP contribution in [0.4, 0.5) is 5.69 Å². The Morgan fingerprint density at radius 1 is 1.27 bits per heavy atom. The van der Waals surface area contributed by atoms with Crippen molar-refractivity contribution in [1.82, 2.24) is 0 Å². The van der Waals surface area contributed by atoms with Gasteiger partial charge in [0.15, 0.2) is 10.4 Å². The zero-order valence-electron chi connectivity index (χ0n) is 11.6. The van der Waals surface area contributed by atoms with Crippen molar-refractivity contribution >= 4 is 33.5 Å². The number of nitrogens with zero attached hydrogens (tertiary/aromatic N) is 1. The van der Waals surface area contributed by atoms with E-state index in [1.54, 1.807) is 36.4 Å². The Morgan fingerprint density at radius 2 is 2.05 bits per heavy atom. The van der Waals surface area contributed by atoms with Gasteiger partial charge in [-0.25, -0.2) is 4.79 Å². The molecule has 0 aliphatic carbocycles. The number of fused-ring (bicyclic) bond motifs is 1. The molecule has 1 amide bonds. The van der Waals surface area contributed by atoms with Crippen LogP contribution < -0.4 is 9.64 Å². The third kappa shape index (κ3) is 2.59. The number of anilines is 1. The van der Waals surface area contributed by atoms with Gasteiger partial charge in [-0.2, -0.15) is 0 Å². The molecule has 0 bridgehead atoms. The number of hydrogen-bond donors (Lipinski definition) is 0. The van der Waals surface area contributed by atoms with E-state index in [4.69, 9.17) is 13.9 Å². The topological polar surface area (TPSA) is 69.0 Å². The van der Waals surface area contributed by atoms with Crippen LogP contribution in [0.2, 0.25) is 0 Å². The van der Waals surface area contributed by atoms with Crippen molar-refractivity contribution in [2.45, 2.75) is 6.10 Å². The smallest absolute Gasteiger partial charge is 0.348 e. The molecule has 1 aliphatic heterocycles. The Hall–Kier alpha value is -2.28. The van der Waals surface area contributed by atoms with Crippen molar-refractivity contribution in [3.63, 3.8) is 0 Å². The molecule has 0 radical (unpaired) electrons. The van der Waals surface area contributed by atoms with Gasteiger partial charge in [-0.1, -0.05) is 12.1 Å². The molecular weight excluding hydrogens is 354 g/mol. The summed E-state index contributed by atoms with van der Waals surface area (Å²) >= 11 is 3.17. The molecule has 0 saturated heterocycles. The van der Waals surface area contributed by atoms with Crippen LogP contribution in [0.5, 0.6) is 5.75 Å². The molecule has 0 spiro atoms. The number of hydrogen-bond acceptors (Lipinski definition) is 5. The van der Waals surface area contributed by atoms with Gasteiger partial charge < -0.3 is 13.9 Å². The van der Waals surface area contributed by atoms with E-state index in [1.165, 1.54) is 12.0 Å². The van der Waals surface area contributed by atoms with Crippen molar-refractivity contribution < 1.29 is 23.5 Å². The number of esters is 1. The molecule has 22 heavy (non-hydrogen) atoms. The van der Waals surface area contributed by atoms with Gasteiger partial charge in [0.1, 0.15) is 5.75 Å². The zero-order valence-corrected chi connectivity index (χ0v) is 13.2. The number of furan rings is 1. The minimum absolute atomic E-state index is 0.0564. The van der Waals surface area contributed by atoms with Crippen LogP contribution in [0.1, 0.15) is 10.6 Å². The summed E-state index contributed by atoms with van der Waals surface area (Å²) in [6.45, 7) is 0.0564. The number of methoxy groups -OCH3 is 1. The molecule has 0 unspecified atom stereocenters. The largest absolute Gasteiger partial charge is 0.475 e. The number of carbonyl (C=O) groups excluding carboxylic acids is 2. The first kappa shape index (κ1) is 14.6. The first-order valence-corrected chi connectivity index (χ1v) is 7.30. The van der Waals surface area contributed by atoms with E-state index >= 15 is 0 Å². The van der Waals surface area contributed by atoms with E-state index in [2.05, 4.69) is 15.9 Å². The van der Waals surface area contributed by atoms with Gasteiger partial charge in [0, 0.05) is 0 Å². The van der Waals surface area contributed by atoms with Gasteiger partial charge in [0.25, 0.3) is 5.91 Å². The maximum Gasteiger partial charge on any atom is 0.348 e. The molecule has 2 heterocycles. The number of amides is 1. The average molecular weight is 366 g/mol. The fraction of sp³-hybridized carbons (Fsp3) is 0.200. The quantitative estimate of drug-likeness (QED) is 0.765. The Kier molecular flexibility index (Phi) is 3.89. The normalized spacial score (nSPS) is 16.6. The highest BCUT2D eigenvalue weighted by Crippen LogP contribution is 2.34. The fourth-order valence-corrected chi connectivity index (χ4v) is 2.55. The lowest BCUT2D eigenvalue weighted by Gasteiger charge is -2.33. The Balaban J connectivity index is 1.98. The third-order valence-corrected chi connectivity index (χ3v) is 3.69. The van der Waals surface area contributed by atoms with Crippen molar-refractivity contribution in [2.75, 3.05) is 18.6 Å². The monoisotopic (exact) mass is 365 g/mol. The van der Waals surface area contributed by atoms with Crippen molar-refractivity contribution in [3.05, 3.63) is 46.8 Å². The maximum atomic E-state index is 12.6. The molecule has 0 saturated carbocycles. The van der Waals surface area contributed by atoms with Gasteiger partial charge in [-0.15, -0.1) is 0 Å². The van der Waals surface area contributed by atoms with Gasteiger partial charge in [0.2, 0.25) is 6.10 Å². The fourth-order valence-electron chi connectivity index (χ4n) is 2.24. The van der Waals surface area contributed by atoms with Crippen molar-refractivity contribution in [3.8, 4) is 5.75 Å². The van der Waals surface area contributed by atoms with E-state index in [0.717, 1.165) is 0 Å². The molecule has 114 valence electrons. The van der Waals surface area contributed by atoms with Crippen molar-refractivity contribution in [1.29, 1.82) is 0 Å². The standard InChI is InChI=1S/C15H12BrNO5/c1-20-15(19)12-8-17(9-4-2-3-5-10(9)21-12)14(18)11-6-7-13(16)22-11/h2-7,12H,8H2,1H3/t12-/m0/s1. The highest BCUT2D eigenvalue weighted by molar-refractivity contribution is 9.10. The second-order valence-corrected chi connectivity index (χ2v) is 5.40. The summed E-state index contributed by atoms with van der Waals surface area (Å²) in [6.07, 6.45) is -0.873. The molecule has 2 aromatic rings. The van der Waals surface area contributed by atoms with E-state index in [-0.39, 0.29) is 18.2 Å². The minimum atomic E-state index is -0.873. The molecule has 1 aliphatic rings. The molecule has 1 aromatic carbocycles. The second-order valence-electron chi connectivity index (χ2n) is 4.62. The first-order valence-electron chi connectivity index (χ1n) is 6.51. The summed E-state index contributed by atoms with van der Waals surface area (Å²) < 4.78 is 16.1. The number of ether oxygens (including phenoxy) is 2. The number of benzene rings is 1. The summed E-state index contributed by atoms with van der Waals surface area (Å²) in [5.74, 6) is -0.265. The van der Waals surface area contributed by atoms with Crippen LogP contribution in [0.25, 0.3) is 0 Å². The summed E-state index contributed by atoms with van der Waals surface area (Å²) in [7, 11) is 1.28. The van der Waals surface area contributed by atoms with Gasteiger partial charge >= 0.3 is 5.97 Å². The van der Waals surface area contributed by atoms with Crippen LogP contribution in [0, 0.1) is 0 Å². The number of halogens is 1. The molecule has 0 fully saturated rings. The number of carbonyl (C=O) groups is 2. The Morgan fingerprint density at radius 3 is 2.73 bits per heavy atom. The third-order valence-electron chi connectivity index (χ3n) is 3.27. The average Bonchev–Trinajstić information content (AvgIpc) is 2.98. The van der Waals surface area contributed by atoms with Gasteiger partial charge in [-0.3, -0.25) is 9.69 Å². The summed E-state index contributed by atoms with van der Waals surface area (Å²) in [6, 6.07) is 10.2. The first-order chi connectivity index (χ1) is 10.6.